The minimum Gasteiger partial charge on any atom is -0.442 e. The molecule has 1 N–H and O–H groups in total. The molecular formula is C26H33BrN2O2S. The maximum absolute atomic E-state index is 11.9. The summed E-state index contributed by atoms with van der Waals surface area (Å²) in [6.45, 7) is 1.82. The van der Waals surface area contributed by atoms with Gasteiger partial charge in [-0.15, -0.1) is 11.3 Å². The van der Waals surface area contributed by atoms with Crippen molar-refractivity contribution in [3.05, 3.63) is 75.6 Å². The number of alkyl halides is 1. The molecule has 2 heterocycles. The van der Waals surface area contributed by atoms with Crippen molar-refractivity contribution in [3.63, 3.8) is 0 Å². The van der Waals surface area contributed by atoms with Crippen LogP contribution in [0.1, 0.15) is 59.1 Å². The van der Waals surface area contributed by atoms with E-state index in [9.17, 15) is 5.11 Å². The molecule has 0 aliphatic heterocycles. The maximum Gasteiger partial charge on any atom is 0.231 e. The van der Waals surface area contributed by atoms with Crippen LogP contribution in [0.25, 0.3) is 0 Å². The molecule has 1 aromatic carbocycles. The number of rotatable bonds is 10. The molecule has 1 aliphatic rings. The summed E-state index contributed by atoms with van der Waals surface area (Å²) in [5.41, 5.74) is -0.274. The van der Waals surface area contributed by atoms with Gasteiger partial charge in [0.25, 0.3) is 0 Å². The third-order valence-corrected chi connectivity index (χ3v) is 8.04. The molecule has 6 heteroatoms. The normalized spacial score (nSPS) is 17.0. The van der Waals surface area contributed by atoms with E-state index in [2.05, 4.69) is 45.0 Å². The summed E-state index contributed by atoms with van der Waals surface area (Å²) in [4.78, 5) is 9.71. The Bertz CT molecular complexity index is 967. The summed E-state index contributed by atoms with van der Waals surface area (Å²) < 4.78 is 6.20. The number of hydrogen-bond acceptors (Lipinski definition) is 5. The first kappa shape index (κ1) is 23.7. The van der Waals surface area contributed by atoms with Gasteiger partial charge in [-0.05, 0) is 44.0 Å². The van der Waals surface area contributed by atoms with Crippen LogP contribution in [0.15, 0.2) is 53.1 Å². The van der Waals surface area contributed by atoms with E-state index >= 15 is 0 Å². The Morgan fingerprint density at radius 2 is 1.84 bits per heavy atom. The lowest BCUT2D eigenvalue weighted by atomic mass is 9.73. The summed E-state index contributed by atoms with van der Waals surface area (Å²) in [7, 11) is 2.14. The smallest absolute Gasteiger partial charge is 0.231 e. The van der Waals surface area contributed by atoms with Gasteiger partial charge < -0.3 is 14.4 Å². The largest absolute Gasteiger partial charge is 0.442 e. The number of aliphatic hydroxyl groups is 1. The average Bonchev–Trinajstić information content (AvgIpc) is 3.48. The second-order valence-corrected chi connectivity index (χ2v) is 10.9. The monoisotopic (exact) mass is 516 g/mol. The van der Waals surface area contributed by atoms with Gasteiger partial charge in [-0.2, -0.15) is 0 Å². The van der Waals surface area contributed by atoms with Gasteiger partial charge in [0.05, 0.1) is 6.20 Å². The summed E-state index contributed by atoms with van der Waals surface area (Å²) in [5, 5.41) is 12.9. The first-order chi connectivity index (χ1) is 15.6. The standard InChI is InChI=1S/C26H33BrN2O2S/c1-29(19-24-13-12-23(32-24)14-16-27)17-15-22-18-28-25(31-22)26(30,20-8-4-2-5-9-20)21-10-6-3-7-11-21/h2,4-5,8-9,12-13,18,21,30H,3,6-7,10-11,14-17,19H2,1H3/t26-/m0/s1. The van der Waals surface area contributed by atoms with Crippen molar-refractivity contribution in [3.8, 4) is 0 Å². The van der Waals surface area contributed by atoms with E-state index in [1.54, 1.807) is 6.20 Å². The highest BCUT2D eigenvalue weighted by Crippen LogP contribution is 2.43. The molecular weight excluding hydrogens is 484 g/mol. The van der Waals surface area contributed by atoms with Crippen molar-refractivity contribution in [2.75, 3.05) is 18.9 Å². The van der Waals surface area contributed by atoms with Crippen LogP contribution in [0.4, 0.5) is 0 Å². The fourth-order valence-electron chi connectivity index (χ4n) is 4.73. The van der Waals surface area contributed by atoms with Gasteiger partial charge in [0.15, 0.2) is 5.60 Å². The number of hydrogen-bond donors (Lipinski definition) is 1. The van der Waals surface area contributed by atoms with Crippen LogP contribution in [0.2, 0.25) is 0 Å². The Kier molecular flexibility index (Phi) is 8.22. The van der Waals surface area contributed by atoms with E-state index in [0.717, 1.165) is 68.3 Å². The van der Waals surface area contributed by atoms with Crippen molar-refractivity contribution in [2.24, 2.45) is 5.92 Å². The van der Waals surface area contributed by atoms with Crippen molar-refractivity contribution in [1.29, 1.82) is 0 Å². The highest BCUT2D eigenvalue weighted by atomic mass is 79.9. The quantitative estimate of drug-likeness (QED) is 0.327. The van der Waals surface area contributed by atoms with Crippen LogP contribution in [-0.2, 0) is 25.0 Å². The molecule has 0 radical (unpaired) electrons. The highest BCUT2D eigenvalue weighted by molar-refractivity contribution is 9.09. The van der Waals surface area contributed by atoms with Gasteiger partial charge >= 0.3 is 0 Å². The van der Waals surface area contributed by atoms with Gasteiger partial charge in [0.1, 0.15) is 5.76 Å². The van der Waals surface area contributed by atoms with E-state index in [-0.39, 0.29) is 5.92 Å². The Morgan fingerprint density at radius 3 is 2.59 bits per heavy atom. The first-order valence-corrected chi connectivity index (χ1v) is 13.6. The van der Waals surface area contributed by atoms with Crippen molar-refractivity contribution < 1.29 is 9.52 Å². The predicted octanol–water partition coefficient (Wildman–Crippen LogP) is 6.16. The number of oxazole rings is 1. The second kappa shape index (κ2) is 11.1. The lowest BCUT2D eigenvalue weighted by Crippen LogP contribution is -2.38. The summed E-state index contributed by atoms with van der Waals surface area (Å²) >= 11 is 5.40. The molecule has 3 aromatic rings. The Hall–Kier alpha value is -1.47. The Labute approximate surface area is 203 Å². The zero-order chi connectivity index (χ0) is 22.4. The lowest BCUT2D eigenvalue weighted by Gasteiger charge is -2.36. The molecule has 0 unspecified atom stereocenters. The van der Waals surface area contributed by atoms with Gasteiger partial charge in [0.2, 0.25) is 5.89 Å². The van der Waals surface area contributed by atoms with Crippen molar-refractivity contribution in [2.45, 2.75) is 57.1 Å². The molecule has 0 spiro atoms. The molecule has 0 saturated heterocycles. The van der Waals surface area contributed by atoms with Crippen LogP contribution in [-0.4, -0.2) is 33.9 Å². The van der Waals surface area contributed by atoms with E-state index in [0.29, 0.717) is 5.89 Å². The fourth-order valence-corrected chi connectivity index (χ4v) is 6.51. The molecule has 4 rings (SSSR count). The molecule has 1 atom stereocenters. The number of nitrogens with zero attached hydrogens (tertiary/aromatic N) is 2. The van der Waals surface area contributed by atoms with Crippen LogP contribution >= 0.6 is 27.3 Å². The predicted molar refractivity (Wildman–Crippen MR) is 134 cm³/mol. The molecule has 172 valence electrons. The van der Waals surface area contributed by atoms with E-state index in [4.69, 9.17) is 4.42 Å². The van der Waals surface area contributed by atoms with E-state index < -0.39 is 5.60 Å². The fraction of sp³-hybridized carbons (Fsp3) is 0.500. The van der Waals surface area contributed by atoms with E-state index in [1.807, 2.05) is 41.7 Å². The van der Waals surface area contributed by atoms with Crippen LogP contribution < -0.4 is 0 Å². The first-order valence-electron chi connectivity index (χ1n) is 11.6. The van der Waals surface area contributed by atoms with Crippen LogP contribution in [0.3, 0.4) is 0 Å². The minimum absolute atomic E-state index is 0.139. The van der Waals surface area contributed by atoms with Crippen LogP contribution in [0.5, 0.6) is 0 Å². The highest BCUT2D eigenvalue weighted by Gasteiger charge is 2.44. The number of halogens is 1. The molecule has 1 fully saturated rings. The third-order valence-electron chi connectivity index (χ3n) is 6.51. The number of likely N-dealkylation sites (N-methyl/N-ethyl adjacent to an activating group) is 1. The number of thiophene rings is 1. The number of aryl methyl sites for hydroxylation is 1. The molecule has 0 amide bonds. The van der Waals surface area contributed by atoms with Gasteiger partial charge in [-0.3, -0.25) is 0 Å². The molecule has 32 heavy (non-hydrogen) atoms. The second-order valence-electron chi connectivity index (χ2n) is 8.89. The number of aromatic nitrogens is 1. The molecule has 4 nitrogen and oxygen atoms in total. The molecule has 1 saturated carbocycles. The summed E-state index contributed by atoms with van der Waals surface area (Å²) in [6, 6.07) is 14.4. The topological polar surface area (TPSA) is 49.5 Å². The maximum atomic E-state index is 11.9. The summed E-state index contributed by atoms with van der Waals surface area (Å²) in [6.07, 6.45) is 9.22. The molecule has 1 aliphatic carbocycles. The third kappa shape index (κ3) is 5.53. The van der Waals surface area contributed by atoms with Crippen molar-refractivity contribution in [1.82, 2.24) is 9.88 Å². The van der Waals surface area contributed by atoms with Gasteiger partial charge in [-0.25, -0.2) is 4.98 Å². The van der Waals surface area contributed by atoms with Crippen LogP contribution in [0, 0.1) is 5.92 Å². The van der Waals surface area contributed by atoms with Gasteiger partial charge in [-0.1, -0.05) is 65.5 Å². The Morgan fingerprint density at radius 1 is 1.09 bits per heavy atom. The van der Waals surface area contributed by atoms with Crippen molar-refractivity contribution >= 4 is 27.3 Å². The zero-order valence-electron chi connectivity index (χ0n) is 18.8. The molecule has 0 bridgehead atoms. The Balaban J connectivity index is 1.43. The zero-order valence-corrected chi connectivity index (χ0v) is 21.2. The average molecular weight is 518 g/mol. The number of benzene rings is 1. The van der Waals surface area contributed by atoms with E-state index in [1.165, 1.54) is 16.2 Å². The SMILES string of the molecule is CN(CCc1cnc([C@](O)(c2ccccc2)C2CCCCC2)o1)Cc1ccc(CCBr)s1. The molecule has 2 aromatic heterocycles. The summed E-state index contributed by atoms with van der Waals surface area (Å²) in [5.74, 6) is 1.43. The lowest BCUT2D eigenvalue weighted by molar-refractivity contribution is -0.0239. The minimum atomic E-state index is -1.16. The van der Waals surface area contributed by atoms with Gasteiger partial charge in [0, 0.05) is 40.5 Å².